The van der Waals surface area contributed by atoms with Crippen LogP contribution in [0.2, 0.25) is 0 Å². The van der Waals surface area contributed by atoms with Crippen LogP contribution in [0.15, 0.2) is 17.0 Å². The van der Waals surface area contributed by atoms with Crippen molar-refractivity contribution in [2.75, 3.05) is 6.54 Å². The number of halogens is 3. The first-order valence-electron chi connectivity index (χ1n) is 5.35. The number of carboxylic acid groups (broad SMARTS) is 1. The molecule has 0 unspecified atom stereocenters. The summed E-state index contributed by atoms with van der Waals surface area (Å²) in [5, 5.41) is 8.82. The summed E-state index contributed by atoms with van der Waals surface area (Å²) in [6.07, 6.45) is 0. The number of aliphatic carboxylic acids is 1. The zero-order valence-corrected chi connectivity index (χ0v) is 11.4. The van der Waals surface area contributed by atoms with Gasteiger partial charge in [0.05, 0.1) is 5.41 Å². The number of benzene rings is 1. The van der Waals surface area contributed by atoms with Gasteiger partial charge in [-0.3, -0.25) is 4.79 Å². The Balaban J connectivity index is 3.11. The first-order valence-corrected chi connectivity index (χ1v) is 6.83. The van der Waals surface area contributed by atoms with Crippen molar-refractivity contribution >= 4 is 16.0 Å². The molecule has 0 aromatic heterocycles. The van der Waals surface area contributed by atoms with Crippen molar-refractivity contribution in [2.24, 2.45) is 5.41 Å². The second-order valence-corrected chi connectivity index (χ2v) is 6.42. The van der Waals surface area contributed by atoms with Crippen LogP contribution in [0, 0.1) is 22.9 Å². The largest absolute Gasteiger partial charge is 0.481 e. The van der Waals surface area contributed by atoms with Crippen molar-refractivity contribution < 1.29 is 31.5 Å². The van der Waals surface area contributed by atoms with E-state index in [9.17, 15) is 26.4 Å². The minimum Gasteiger partial charge on any atom is -0.481 e. The highest BCUT2D eigenvalue weighted by Crippen LogP contribution is 2.21. The van der Waals surface area contributed by atoms with E-state index in [1.807, 2.05) is 0 Å². The summed E-state index contributed by atoms with van der Waals surface area (Å²) in [5.41, 5.74) is -1.47. The summed E-state index contributed by atoms with van der Waals surface area (Å²) in [5.74, 6) is -5.74. The molecular formula is C11H12F3NO4S. The molecule has 0 saturated heterocycles. The van der Waals surface area contributed by atoms with E-state index >= 15 is 0 Å². The van der Waals surface area contributed by atoms with Gasteiger partial charge in [0.2, 0.25) is 10.0 Å². The number of carbonyl (C=O) groups is 1. The Morgan fingerprint density at radius 3 is 2.10 bits per heavy atom. The molecule has 0 aliphatic heterocycles. The zero-order valence-electron chi connectivity index (χ0n) is 10.6. The fourth-order valence-corrected chi connectivity index (χ4v) is 2.54. The quantitative estimate of drug-likeness (QED) is 0.863. The first kappa shape index (κ1) is 16.4. The molecule has 0 amide bonds. The Morgan fingerprint density at radius 1 is 1.25 bits per heavy atom. The van der Waals surface area contributed by atoms with E-state index in [0.717, 1.165) is 0 Å². The number of hydrogen-bond donors (Lipinski definition) is 2. The van der Waals surface area contributed by atoms with Gasteiger partial charge in [0.25, 0.3) is 0 Å². The number of rotatable bonds is 5. The molecule has 0 aliphatic rings. The van der Waals surface area contributed by atoms with Crippen LogP contribution in [0.1, 0.15) is 13.8 Å². The molecule has 2 N–H and O–H groups in total. The van der Waals surface area contributed by atoms with Gasteiger partial charge < -0.3 is 5.11 Å². The van der Waals surface area contributed by atoms with E-state index in [1.165, 1.54) is 13.8 Å². The van der Waals surface area contributed by atoms with Gasteiger partial charge >= 0.3 is 5.97 Å². The highest BCUT2D eigenvalue weighted by atomic mass is 32.2. The molecule has 1 aromatic rings. The van der Waals surface area contributed by atoms with E-state index in [-0.39, 0.29) is 12.1 Å². The van der Waals surface area contributed by atoms with Crippen molar-refractivity contribution in [3.8, 4) is 0 Å². The smallest absolute Gasteiger partial charge is 0.310 e. The summed E-state index contributed by atoms with van der Waals surface area (Å²) in [4.78, 5) is 9.47. The van der Waals surface area contributed by atoms with Crippen molar-refractivity contribution in [1.29, 1.82) is 0 Å². The van der Waals surface area contributed by atoms with Gasteiger partial charge in [0, 0.05) is 18.7 Å². The Labute approximate surface area is 113 Å². The second kappa shape index (κ2) is 5.41. The van der Waals surface area contributed by atoms with Crippen LogP contribution in [-0.4, -0.2) is 26.0 Å². The van der Waals surface area contributed by atoms with Crippen molar-refractivity contribution in [1.82, 2.24) is 4.72 Å². The monoisotopic (exact) mass is 311 g/mol. The number of sulfonamides is 1. The summed E-state index contributed by atoms with van der Waals surface area (Å²) in [7, 11) is -4.64. The topological polar surface area (TPSA) is 83.5 Å². The lowest BCUT2D eigenvalue weighted by Crippen LogP contribution is -2.39. The minimum absolute atomic E-state index is 0.222. The normalized spacial score (nSPS) is 12.4. The molecule has 0 bridgehead atoms. The van der Waals surface area contributed by atoms with Gasteiger partial charge in [0.1, 0.15) is 17.5 Å². The highest BCUT2D eigenvalue weighted by molar-refractivity contribution is 7.89. The number of nitrogens with one attached hydrogen (secondary N) is 1. The molecular weight excluding hydrogens is 299 g/mol. The van der Waals surface area contributed by atoms with Crippen LogP contribution in [0.25, 0.3) is 0 Å². The maximum Gasteiger partial charge on any atom is 0.310 e. The lowest BCUT2D eigenvalue weighted by atomic mass is 9.95. The lowest BCUT2D eigenvalue weighted by molar-refractivity contribution is -0.146. The molecule has 0 radical (unpaired) electrons. The average molecular weight is 311 g/mol. The zero-order chi connectivity index (χ0) is 15.7. The van der Waals surface area contributed by atoms with Crippen molar-refractivity contribution in [3.05, 3.63) is 29.6 Å². The molecule has 0 atom stereocenters. The average Bonchev–Trinajstić information content (AvgIpc) is 2.24. The molecule has 0 saturated carbocycles. The molecule has 0 fully saturated rings. The Bertz CT molecular complexity index is 620. The minimum atomic E-state index is -4.64. The molecule has 1 rings (SSSR count). The first-order chi connectivity index (χ1) is 8.97. The fourth-order valence-electron chi connectivity index (χ4n) is 1.21. The standard InChI is InChI=1S/C11H12F3NO4S/c1-11(2,10(16)17)5-15-20(18,19)9-7(13)3-6(12)4-8(9)14/h3-4,15H,5H2,1-2H3,(H,16,17). The van der Waals surface area contributed by atoms with E-state index in [2.05, 4.69) is 0 Å². The molecule has 0 aliphatic carbocycles. The van der Waals surface area contributed by atoms with Crippen molar-refractivity contribution in [3.63, 3.8) is 0 Å². The van der Waals surface area contributed by atoms with Crippen LogP contribution >= 0.6 is 0 Å². The Morgan fingerprint density at radius 2 is 1.70 bits per heavy atom. The van der Waals surface area contributed by atoms with Crippen LogP contribution in [0.4, 0.5) is 13.2 Å². The van der Waals surface area contributed by atoms with Gasteiger partial charge in [0.15, 0.2) is 4.90 Å². The lowest BCUT2D eigenvalue weighted by Gasteiger charge is -2.19. The molecule has 5 nitrogen and oxygen atoms in total. The number of hydrogen-bond acceptors (Lipinski definition) is 3. The molecule has 9 heteroatoms. The Hall–Kier alpha value is -1.61. The van der Waals surface area contributed by atoms with Gasteiger partial charge in [-0.15, -0.1) is 0 Å². The maximum atomic E-state index is 13.4. The third kappa shape index (κ3) is 3.48. The molecule has 0 spiro atoms. The predicted molar refractivity (Wildman–Crippen MR) is 62.9 cm³/mol. The van der Waals surface area contributed by atoms with E-state index in [4.69, 9.17) is 5.11 Å². The highest BCUT2D eigenvalue weighted by Gasteiger charge is 2.31. The third-order valence-electron chi connectivity index (χ3n) is 2.51. The second-order valence-electron chi connectivity index (χ2n) is 4.71. The maximum absolute atomic E-state index is 13.4. The van der Waals surface area contributed by atoms with Crippen molar-refractivity contribution in [2.45, 2.75) is 18.7 Å². The summed E-state index contributed by atoms with van der Waals surface area (Å²) >= 11 is 0. The van der Waals surface area contributed by atoms with E-state index in [1.54, 1.807) is 4.72 Å². The predicted octanol–water partition coefficient (Wildman–Crippen LogP) is 1.49. The fraction of sp³-hybridized carbons (Fsp3) is 0.364. The SMILES string of the molecule is CC(C)(CNS(=O)(=O)c1c(F)cc(F)cc1F)C(=O)O. The third-order valence-corrected chi connectivity index (χ3v) is 3.97. The van der Waals surface area contributed by atoms with Crippen LogP contribution < -0.4 is 4.72 Å². The van der Waals surface area contributed by atoms with Gasteiger partial charge in [-0.05, 0) is 13.8 Å². The number of carboxylic acids is 1. The summed E-state index contributed by atoms with van der Waals surface area (Å²) in [6, 6.07) is 0.444. The van der Waals surface area contributed by atoms with Crippen LogP contribution in [-0.2, 0) is 14.8 Å². The van der Waals surface area contributed by atoms with Gasteiger partial charge in [-0.2, -0.15) is 0 Å². The Kier molecular flexibility index (Phi) is 4.45. The van der Waals surface area contributed by atoms with Gasteiger partial charge in [-0.1, -0.05) is 0 Å². The van der Waals surface area contributed by atoms with Crippen LogP contribution in [0.3, 0.4) is 0 Å². The molecule has 0 heterocycles. The summed E-state index contributed by atoms with van der Waals surface area (Å²) in [6.45, 7) is 1.88. The molecule has 20 heavy (non-hydrogen) atoms. The van der Waals surface area contributed by atoms with Gasteiger partial charge in [-0.25, -0.2) is 26.3 Å². The van der Waals surface area contributed by atoms with Crippen LogP contribution in [0.5, 0.6) is 0 Å². The summed E-state index contributed by atoms with van der Waals surface area (Å²) < 4.78 is 64.7. The van der Waals surface area contributed by atoms with E-state index in [0.29, 0.717) is 0 Å². The molecule has 1 aromatic carbocycles. The van der Waals surface area contributed by atoms with E-state index < -0.39 is 50.3 Å². The molecule has 112 valence electrons.